The maximum Gasteiger partial charge on any atom is 0.311 e. The van der Waals surface area contributed by atoms with E-state index < -0.39 is 11.4 Å². The number of hydrogen-bond donors (Lipinski definition) is 1. The molecule has 1 aromatic heterocycles. The van der Waals surface area contributed by atoms with Crippen molar-refractivity contribution in [2.75, 3.05) is 26.3 Å². The lowest BCUT2D eigenvalue weighted by molar-refractivity contribution is -0.157. The fourth-order valence-electron chi connectivity index (χ4n) is 3.68. The van der Waals surface area contributed by atoms with Crippen LogP contribution in [0.1, 0.15) is 16.9 Å². The largest absolute Gasteiger partial charge is 0.481 e. The van der Waals surface area contributed by atoms with E-state index in [2.05, 4.69) is 10.2 Å². The Morgan fingerprint density at radius 1 is 1.31 bits per heavy atom. The first-order valence-corrected chi connectivity index (χ1v) is 8.28. The van der Waals surface area contributed by atoms with Gasteiger partial charge in [-0.2, -0.15) is 9.90 Å². The Labute approximate surface area is 148 Å². The number of carbonyl (C=O) groups excluding carboxylic acids is 1. The van der Waals surface area contributed by atoms with Crippen LogP contribution in [0.25, 0.3) is 5.69 Å². The van der Waals surface area contributed by atoms with Gasteiger partial charge < -0.3 is 14.7 Å². The smallest absolute Gasteiger partial charge is 0.311 e. The van der Waals surface area contributed by atoms with Crippen LogP contribution < -0.4 is 0 Å². The second-order valence-corrected chi connectivity index (χ2v) is 6.66. The molecule has 1 N–H and O–H groups in total. The number of halogens is 1. The van der Waals surface area contributed by atoms with Crippen LogP contribution >= 0.6 is 0 Å². The van der Waals surface area contributed by atoms with Gasteiger partial charge in [0, 0.05) is 25.6 Å². The van der Waals surface area contributed by atoms with E-state index in [0.29, 0.717) is 31.9 Å². The highest BCUT2D eigenvalue weighted by Crippen LogP contribution is 2.42. The number of nitrogens with zero attached hydrogens (tertiary/aromatic N) is 4. The number of aromatic nitrogens is 3. The number of carboxylic acid groups (broad SMARTS) is 1. The number of hydrogen-bond acceptors (Lipinski definition) is 5. The van der Waals surface area contributed by atoms with E-state index in [1.807, 2.05) is 0 Å². The molecule has 2 aliphatic rings. The van der Waals surface area contributed by atoms with Crippen LogP contribution in [0.2, 0.25) is 0 Å². The Morgan fingerprint density at radius 2 is 2.08 bits per heavy atom. The average molecular weight is 360 g/mol. The van der Waals surface area contributed by atoms with E-state index in [1.54, 1.807) is 0 Å². The molecule has 0 saturated carbocycles. The van der Waals surface area contributed by atoms with E-state index in [1.165, 1.54) is 40.2 Å². The van der Waals surface area contributed by atoms with E-state index in [0.717, 1.165) is 0 Å². The van der Waals surface area contributed by atoms with E-state index in [-0.39, 0.29) is 29.9 Å². The van der Waals surface area contributed by atoms with Gasteiger partial charge in [-0.15, -0.1) is 5.10 Å². The number of carboxylic acids is 1. The fraction of sp³-hybridized carbons (Fsp3) is 0.412. The molecule has 0 spiro atoms. The highest BCUT2D eigenvalue weighted by molar-refractivity contribution is 5.93. The molecule has 2 fully saturated rings. The molecule has 2 saturated heterocycles. The van der Waals surface area contributed by atoms with E-state index in [4.69, 9.17) is 4.74 Å². The van der Waals surface area contributed by atoms with Gasteiger partial charge in [-0.3, -0.25) is 9.59 Å². The molecule has 0 aliphatic carbocycles. The monoisotopic (exact) mass is 360 g/mol. The molecule has 1 aromatic carbocycles. The van der Waals surface area contributed by atoms with Gasteiger partial charge in [0.15, 0.2) is 5.69 Å². The molecule has 9 heteroatoms. The number of carbonyl (C=O) groups is 2. The Bertz CT molecular complexity index is 853. The Morgan fingerprint density at radius 3 is 2.77 bits per heavy atom. The molecular formula is C17H17FN4O4. The Kier molecular flexibility index (Phi) is 3.95. The molecule has 2 aromatic rings. The second-order valence-electron chi connectivity index (χ2n) is 6.66. The van der Waals surface area contributed by atoms with Crippen LogP contribution in [0.3, 0.4) is 0 Å². The van der Waals surface area contributed by atoms with Crippen LogP contribution in [-0.2, 0) is 9.53 Å². The second kappa shape index (κ2) is 6.17. The summed E-state index contributed by atoms with van der Waals surface area (Å²) in [5.74, 6) is -1.87. The third kappa shape index (κ3) is 2.64. The maximum absolute atomic E-state index is 13.0. The molecule has 4 rings (SSSR count). The minimum absolute atomic E-state index is 0.120. The van der Waals surface area contributed by atoms with Gasteiger partial charge in [0.2, 0.25) is 0 Å². The van der Waals surface area contributed by atoms with E-state index >= 15 is 0 Å². The summed E-state index contributed by atoms with van der Waals surface area (Å²) < 4.78 is 18.4. The quantitative estimate of drug-likeness (QED) is 0.876. The standard InChI is InChI=1S/C17H17FN4O4/c18-12-1-3-13(4-2-12)22-19-7-14(20-22)15(23)21-8-11-9-26-6-5-17(11,10-21)16(24)25/h1-4,7,11H,5-6,8-10H2,(H,24,25)/t11-,17+/m0/s1. The lowest BCUT2D eigenvalue weighted by Crippen LogP contribution is -2.45. The predicted octanol–water partition coefficient (Wildman–Crippen LogP) is 0.970. The Balaban J connectivity index is 1.55. The minimum atomic E-state index is -0.957. The van der Waals surface area contributed by atoms with Crippen molar-refractivity contribution in [1.29, 1.82) is 0 Å². The SMILES string of the molecule is O=C(c1cnn(-c2ccc(F)cc2)n1)N1C[C@H]2COCC[C@@]2(C(=O)O)C1. The summed E-state index contributed by atoms with van der Waals surface area (Å²) in [5, 5.41) is 17.9. The number of amides is 1. The van der Waals surface area contributed by atoms with Crippen LogP contribution in [0, 0.1) is 17.2 Å². The number of rotatable bonds is 3. The van der Waals surface area contributed by atoms with Crippen molar-refractivity contribution < 1.29 is 23.8 Å². The van der Waals surface area contributed by atoms with Crippen molar-refractivity contribution in [3.63, 3.8) is 0 Å². The van der Waals surface area contributed by atoms with Crippen molar-refractivity contribution in [2.24, 2.45) is 11.3 Å². The summed E-state index contributed by atoms with van der Waals surface area (Å²) >= 11 is 0. The first kappa shape index (κ1) is 16.6. The normalized spacial score (nSPS) is 25.1. The lowest BCUT2D eigenvalue weighted by Gasteiger charge is -2.33. The highest BCUT2D eigenvalue weighted by atomic mass is 19.1. The number of benzene rings is 1. The maximum atomic E-state index is 13.0. The zero-order valence-electron chi connectivity index (χ0n) is 13.8. The van der Waals surface area contributed by atoms with Gasteiger partial charge >= 0.3 is 5.97 Å². The third-order valence-corrected chi connectivity index (χ3v) is 5.19. The number of fused-ring (bicyclic) bond motifs is 1. The first-order chi connectivity index (χ1) is 12.5. The van der Waals surface area contributed by atoms with Crippen molar-refractivity contribution in [3.8, 4) is 5.69 Å². The minimum Gasteiger partial charge on any atom is -0.481 e. The van der Waals surface area contributed by atoms with Gasteiger partial charge in [-0.05, 0) is 30.7 Å². The molecule has 136 valence electrons. The van der Waals surface area contributed by atoms with Crippen molar-refractivity contribution in [2.45, 2.75) is 6.42 Å². The zero-order valence-corrected chi connectivity index (χ0v) is 13.8. The highest BCUT2D eigenvalue weighted by Gasteiger charge is 2.55. The summed E-state index contributed by atoms with van der Waals surface area (Å²) in [6.07, 6.45) is 1.72. The van der Waals surface area contributed by atoms with Gasteiger partial charge in [0.1, 0.15) is 5.82 Å². The summed E-state index contributed by atoms with van der Waals surface area (Å²) in [6.45, 7) is 1.16. The molecule has 0 unspecified atom stereocenters. The number of ether oxygens (including phenoxy) is 1. The summed E-state index contributed by atoms with van der Waals surface area (Å²) in [7, 11) is 0. The first-order valence-electron chi connectivity index (χ1n) is 8.28. The molecule has 26 heavy (non-hydrogen) atoms. The summed E-state index contributed by atoms with van der Waals surface area (Å²) in [6, 6.07) is 5.57. The molecule has 0 radical (unpaired) electrons. The fourth-order valence-corrected chi connectivity index (χ4v) is 3.68. The number of aliphatic carboxylic acids is 1. The van der Waals surface area contributed by atoms with Crippen LogP contribution in [0.4, 0.5) is 4.39 Å². The molecule has 3 heterocycles. The Hall–Kier alpha value is -2.81. The number of likely N-dealkylation sites (tertiary alicyclic amines) is 1. The van der Waals surface area contributed by atoms with Gasteiger partial charge in [0.05, 0.1) is 23.9 Å². The molecule has 0 bridgehead atoms. The average Bonchev–Trinajstić information content (AvgIpc) is 3.27. The molecule has 2 atom stereocenters. The van der Waals surface area contributed by atoms with Crippen molar-refractivity contribution in [1.82, 2.24) is 19.9 Å². The summed E-state index contributed by atoms with van der Waals surface area (Å²) in [5.41, 5.74) is -0.314. The molecular weight excluding hydrogens is 343 g/mol. The van der Waals surface area contributed by atoms with Crippen LogP contribution in [-0.4, -0.2) is 63.2 Å². The topological polar surface area (TPSA) is 97.5 Å². The van der Waals surface area contributed by atoms with Gasteiger partial charge in [-0.1, -0.05) is 0 Å². The molecule has 2 aliphatic heterocycles. The van der Waals surface area contributed by atoms with Crippen molar-refractivity contribution in [3.05, 3.63) is 42.0 Å². The predicted molar refractivity (Wildman–Crippen MR) is 86.2 cm³/mol. The van der Waals surface area contributed by atoms with E-state index in [9.17, 15) is 19.1 Å². The van der Waals surface area contributed by atoms with Crippen LogP contribution in [0.15, 0.2) is 30.5 Å². The van der Waals surface area contributed by atoms with Crippen molar-refractivity contribution >= 4 is 11.9 Å². The zero-order chi connectivity index (χ0) is 18.3. The van der Waals surface area contributed by atoms with Crippen LogP contribution in [0.5, 0.6) is 0 Å². The molecule has 8 nitrogen and oxygen atoms in total. The lowest BCUT2D eigenvalue weighted by atomic mass is 9.74. The molecule has 1 amide bonds. The van der Waals surface area contributed by atoms with Gasteiger partial charge in [0.25, 0.3) is 5.91 Å². The summed E-state index contributed by atoms with van der Waals surface area (Å²) in [4.78, 5) is 27.3. The third-order valence-electron chi connectivity index (χ3n) is 5.19. The van der Waals surface area contributed by atoms with Gasteiger partial charge in [-0.25, -0.2) is 4.39 Å².